The maximum absolute atomic E-state index is 11.6. The Morgan fingerprint density at radius 2 is 1.60 bits per heavy atom. The van der Waals surface area contributed by atoms with Gasteiger partial charge in [0.1, 0.15) is 6.61 Å². The van der Waals surface area contributed by atoms with Crippen LogP contribution in [-0.4, -0.2) is 43.8 Å². The first-order chi connectivity index (χ1) is 14.8. The lowest BCUT2D eigenvalue weighted by Crippen LogP contribution is -2.38. The molecule has 2 aromatic carbocycles. The largest absolute Gasteiger partial charge is 0.445 e. The molecule has 1 saturated heterocycles. The number of carbonyl (C=O) groups excluding carboxylic acids is 1. The fourth-order valence-corrected chi connectivity index (χ4v) is 4.24. The third kappa shape index (κ3) is 4.55. The van der Waals surface area contributed by atoms with E-state index in [9.17, 15) is 4.79 Å². The van der Waals surface area contributed by atoms with Crippen LogP contribution in [0.4, 0.5) is 4.79 Å². The van der Waals surface area contributed by atoms with E-state index in [1.54, 1.807) is 6.08 Å². The molecule has 2 aromatic rings. The molecular weight excluding hydrogens is 372 g/mol. The number of rotatable bonds is 5. The van der Waals surface area contributed by atoms with E-state index in [2.05, 4.69) is 77.5 Å². The number of nitrogens with one attached hydrogen (secondary N) is 1. The molecule has 1 amide bonds. The van der Waals surface area contributed by atoms with Crippen molar-refractivity contribution in [1.82, 2.24) is 10.2 Å². The molecule has 1 heterocycles. The summed E-state index contributed by atoms with van der Waals surface area (Å²) in [5, 5.41) is 2.80. The van der Waals surface area contributed by atoms with Crippen molar-refractivity contribution in [1.29, 1.82) is 0 Å². The third-order valence-corrected chi connectivity index (χ3v) is 5.75. The van der Waals surface area contributed by atoms with E-state index in [0.29, 0.717) is 6.54 Å². The lowest BCUT2D eigenvalue weighted by molar-refractivity contribution is 0.155. The number of piperidine rings is 1. The monoisotopic (exact) mass is 400 g/mol. The summed E-state index contributed by atoms with van der Waals surface area (Å²) in [5.41, 5.74) is 8.13. The van der Waals surface area contributed by atoms with Crippen LogP contribution >= 0.6 is 0 Å². The van der Waals surface area contributed by atoms with Gasteiger partial charge in [0.15, 0.2) is 0 Å². The molecule has 4 nitrogen and oxygen atoms in total. The van der Waals surface area contributed by atoms with Crippen molar-refractivity contribution in [3.63, 3.8) is 0 Å². The van der Waals surface area contributed by atoms with Crippen LogP contribution in [0, 0.1) is 0 Å². The molecule has 154 valence electrons. The highest BCUT2D eigenvalue weighted by atomic mass is 16.5. The summed E-state index contributed by atoms with van der Waals surface area (Å²) in [7, 11) is 0. The van der Waals surface area contributed by atoms with Crippen molar-refractivity contribution in [2.45, 2.75) is 12.8 Å². The van der Waals surface area contributed by atoms with Crippen LogP contribution in [0.25, 0.3) is 17.7 Å². The predicted molar refractivity (Wildman–Crippen MR) is 123 cm³/mol. The van der Waals surface area contributed by atoms with Crippen molar-refractivity contribution >= 4 is 23.8 Å². The Hall–Kier alpha value is -3.11. The van der Waals surface area contributed by atoms with E-state index in [1.165, 1.54) is 33.4 Å². The minimum atomic E-state index is -0.381. The second-order valence-corrected chi connectivity index (χ2v) is 7.64. The van der Waals surface area contributed by atoms with Crippen LogP contribution in [0.5, 0.6) is 0 Å². The van der Waals surface area contributed by atoms with Crippen LogP contribution in [0.2, 0.25) is 0 Å². The lowest BCUT2D eigenvalue weighted by Gasteiger charge is -2.30. The number of nitrogens with zero attached hydrogens (tertiary/aromatic N) is 1. The SMILES string of the molecule is C=CCOC(=O)NCCN1CCC(=C2c3ccccc3C=Cc3ccccc32)CC1. The summed E-state index contributed by atoms with van der Waals surface area (Å²) < 4.78 is 4.96. The second-order valence-electron chi connectivity index (χ2n) is 7.64. The predicted octanol–water partition coefficient (Wildman–Crippen LogP) is 4.98. The summed E-state index contributed by atoms with van der Waals surface area (Å²) >= 11 is 0. The summed E-state index contributed by atoms with van der Waals surface area (Å²) in [6, 6.07) is 17.4. The molecule has 0 saturated carbocycles. The summed E-state index contributed by atoms with van der Waals surface area (Å²) in [6.45, 7) is 7.21. The fraction of sp³-hybridized carbons (Fsp3) is 0.269. The number of amides is 1. The average Bonchev–Trinajstić information content (AvgIpc) is 2.95. The number of carbonyl (C=O) groups is 1. The molecule has 4 heteroatoms. The third-order valence-electron chi connectivity index (χ3n) is 5.75. The quantitative estimate of drug-likeness (QED) is 0.614. The Morgan fingerprint density at radius 1 is 1.00 bits per heavy atom. The van der Waals surface area contributed by atoms with Gasteiger partial charge in [0, 0.05) is 26.2 Å². The van der Waals surface area contributed by atoms with Crippen LogP contribution in [0.3, 0.4) is 0 Å². The minimum Gasteiger partial charge on any atom is -0.445 e. The Kier molecular flexibility index (Phi) is 6.45. The van der Waals surface area contributed by atoms with Crippen molar-refractivity contribution < 1.29 is 9.53 Å². The van der Waals surface area contributed by atoms with Gasteiger partial charge in [0.25, 0.3) is 0 Å². The van der Waals surface area contributed by atoms with E-state index in [-0.39, 0.29) is 12.7 Å². The topological polar surface area (TPSA) is 41.6 Å². The molecule has 0 bridgehead atoms. The number of hydrogen-bond acceptors (Lipinski definition) is 3. The molecular formula is C26H28N2O2. The maximum atomic E-state index is 11.6. The van der Waals surface area contributed by atoms with Crippen molar-refractivity contribution in [2.24, 2.45) is 0 Å². The zero-order chi connectivity index (χ0) is 20.8. The fourth-order valence-electron chi connectivity index (χ4n) is 4.24. The Balaban J connectivity index is 1.48. The first kappa shape index (κ1) is 20.2. The van der Waals surface area contributed by atoms with Crippen molar-refractivity contribution in [2.75, 3.05) is 32.8 Å². The summed E-state index contributed by atoms with van der Waals surface area (Å²) in [4.78, 5) is 14.0. The molecule has 30 heavy (non-hydrogen) atoms. The smallest absolute Gasteiger partial charge is 0.407 e. The molecule has 0 atom stereocenters. The summed E-state index contributed by atoms with van der Waals surface area (Å²) in [6.07, 6.45) is 7.73. The molecule has 1 N–H and O–H groups in total. The first-order valence-electron chi connectivity index (χ1n) is 10.6. The van der Waals surface area contributed by atoms with Gasteiger partial charge in [-0.3, -0.25) is 0 Å². The molecule has 0 radical (unpaired) electrons. The zero-order valence-electron chi connectivity index (χ0n) is 17.3. The van der Waals surface area contributed by atoms with Gasteiger partial charge in [-0.05, 0) is 40.7 Å². The van der Waals surface area contributed by atoms with Gasteiger partial charge in [0.05, 0.1) is 0 Å². The molecule has 1 aliphatic heterocycles. The molecule has 2 aliphatic rings. The standard InChI is InChI=1S/C26H28N2O2/c1-2-19-30-26(29)27-15-18-28-16-13-22(14-17-28)25-23-9-5-3-7-20(23)11-12-21-8-4-6-10-24(21)25/h2-12H,1,13-19H2,(H,27,29). The number of likely N-dealkylation sites (tertiary alicyclic amines) is 1. The Labute approximate surface area is 178 Å². The molecule has 1 fully saturated rings. The van der Waals surface area contributed by atoms with E-state index in [4.69, 9.17) is 4.74 Å². The molecule has 0 unspecified atom stereocenters. The van der Waals surface area contributed by atoms with Crippen LogP contribution in [-0.2, 0) is 4.74 Å². The number of benzene rings is 2. The molecule has 0 spiro atoms. The van der Waals surface area contributed by atoms with Gasteiger partial charge in [-0.25, -0.2) is 4.79 Å². The summed E-state index contributed by atoms with van der Waals surface area (Å²) in [5.74, 6) is 0. The zero-order valence-corrected chi connectivity index (χ0v) is 17.3. The van der Waals surface area contributed by atoms with Crippen LogP contribution in [0.15, 0.2) is 66.8 Å². The number of fused-ring (bicyclic) bond motifs is 2. The van der Waals surface area contributed by atoms with E-state index >= 15 is 0 Å². The van der Waals surface area contributed by atoms with Gasteiger partial charge >= 0.3 is 6.09 Å². The lowest BCUT2D eigenvalue weighted by atomic mass is 9.86. The minimum absolute atomic E-state index is 0.240. The second kappa shape index (κ2) is 9.59. The maximum Gasteiger partial charge on any atom is 0.407 e. The van der Waals surface area contributed by atoms with Gasteiger partial charge in [-0.15, -0.1) is 0 Å². The number of hydrogen-bond donors (Lipinski definition) is 1. The normalized spacial score (nSPS) is 15.7. The highest BCUT2D eigenvalue weighted by Crippen LogP contribution is 2.38. The first-order valence-corrected chi connectivity index (χ1v) is 10.6. The molecule has 1 aliphatic carbocycles. The van der Waals surface area contributed by atoms with Crippen molar-refractivity contribution in [3.05, 3.63) is 89.0 Å². The van der Waals surface area contributed by atoms with Gasteiger partial charge < -0.3 is 15.0 Å². The number of ether oxygens (including phenoxy) is 1. The molecule has 4 rings (SSSR count). The van der Waals surface area contributed by atoms with E-state index < -0.39 is 0 Å². The van der Waals surface area contributed by atoms with Gasteiger partial charge in [0.2, 0.25) is 0 Å². The van der Waals surface area contributed by atoms with Gasteiger partial charge in [-0.1, -0.05) is 78.9 Å². The van der Waals surface area contributed by atoms with Crippen LogP contribution < -0.4 is 5.32 Å². The highest BCUT2D eigenvalue weighted by Gasteiger charge is 2.22. The highest BCUT2D eigenvalue weighted by molar-refractivity contribution is 5.94. The Bertz CT molecular complexity index is 929. The van der Waals surface area contributed by atoms with E-state index in [0.717, 1.165) is 32.5 Å². The number of alkyl carbamates (subject to hydrolysis) is 1. The van der Waals surface area contributed by atoms with Gasteiger partial charge in [-0.2, -0.15) is 0 Å². The van der Waals surface area contributed by atoms with Crippen molar-refractivity contribution in [3.8, 4) is 0 Å². The molecule has 0 aromatic heterocycles. The van der Waals surface area contributed by atoms with Crippen LogP contribution in [0.1, 0.15) is 35.1 Å². The average molecular weight is 401 g/mol. The van der Waals surface area contributed by atoms with E-state index in [1.807, 2.05) is 0 Å². The Morgan fingerprint density at radius 3 is 2.20 bits per heavy atom.